The highest BCUT2D eigenvalue weighted by Gasteiger charge is 2.76. The Morgan fingerprint density at radius 3 is 2.38 bits per heavy atom. The number of fused-ring (bicyclic) bond motifs is 5. The number of hydrogen-bond acceptors (Lipinski definition) is 1. The summed E-state index contributed by atoms with van der Waals surface area (Å²) >= 11 is 0. The highest BCUT2D eigenvalue weighted by molar-refractivity contribution is 5.24. The number of rotatable bonds is 0. The van der Waals surface area contributed by atoms with Gasteiger partial charge in [0.25, 0.3) is 0 Å². The van der Waals surface area contributed by atoms with E-state index in [1.807, 2.05) is 0 Å². The Hall–Kier alpha value is -0.0400. The van der Waals surface area contributed by atoms with Crippen LogP contribution in [0.1, 0.15) is 79.1 Å². The van der Waals surface area contributed by atoms with E-state index >= 15 is 0 Å². The van der Waals surface area contributed by atoms with Gasteiger partial charge in [-0.05, 0) is 73.0 Å². The maximum absolute atomic E-state index is 6.26. The minimum absolute atomic E-state index is 0.536. The molecule has 21 heavy (non-hydrogen) atoms. The molecule has 0 aromatic carbocycles. The first kappa shape index (κ1) is 13.4. The lowest BCUT2D eigenvalue weighted by Gasteiger charge is -2.65. The Morgan fingerprint density at radius 1 is 0.810 bits per heavy atom. The molecule has 5 aliphatic rings. The molecule has 118 valence electrons. The summed E-state index contributed by atoms with van der Waals surface area (Å²) in [6.45, 7) is 10.3. The van der Waals surface area contributed by atoms with Crippen molar-refractivity contribution < 1.29 is 4.74 Å². The van der Waals surface area contributed by atoms with Gasteiger partial charge in [0, 0.05) is 5.41 Å². The Labute approximate surface area is 130 Å². The van der Waals surface area contributed by atoms with Gasteiger partial charge in [0.2, 0.25) is 0 Å². The zero-order valence-corrected chi connectivity index (χ0v) is 14.4. The molecule has 1 nitrogen and oxygen atoms in total. The summed E-state index contributed by atoms with van der Waals surface area (Å²) in [7, 11) is 0. The predicted molar refractivity (Wildman–Crippen MR) is 85.0 cm³/mol. The SMILES string of the molecule is CC1(C)CCC[C@]2(C)[C@@H]1CC[C@]13C[C@@](C)(CC[C@@H]21)[C@H]1O[C@H]13. The van der Waals surface area contributed by atoms with E-state index in [-0.39, 0.29) is 0 Å². The first-order valence-corrected chi connectivity index (χ1v) is 9.47. The molecule has 0 N–H and O–H groups in total. The fourth-order valence-corrected chi connectivity index (χ4v) is 8.45. The first-order chi connectivity index (χ1) is 9.82. The van der Waals surface area contributed by atoms with E-state index < -0.39 is 0 Å². The molecule has 4 saturated carbocycles. The molecule has 1 heterocycles. The summed E-state index contributed by atoms with van der Waals surface area (Å²) in [4.78, 5) is 0. The Balaban J connectivity index is 1.58. The van der Waals surface area contributed by atoms with Crippen LogP contribution in [0.2, 0.25) is 0 Å². The minimum atomic E-state index is 0.536. The van der Waals surface area contributed by atoms with Crippen molar-refractivity contribution in [2.24, 2.45) is 33.5 Å². The summed E-state index contributed by atoms with van der Waals surface area (Å²) in [5.41, 5.74) is 2.28. The van der Waals surface area contributed by atoms with Gasteiger partial charge in [0.05, 0.1) is 12.2 Å². The van der Waals surface area contributed by atoms with Crippen molar-refractivity contribution in [3.8, 4) is 0 Å². The Morgan fingerprint density at radius 2 is 1.57 bits per heavy atom. The van der Waals surface area contributed by atoms with Crippen molar-refractivity contribution in [2.75, 3.05) is 0 Å². The number of epoxide rings is 1. The molecule has 1 spiro atoms. The molecule has 0 radical (unpaired) electrons. The lowest BCUT2D eigenvalue weighted by molar-refractivity contribution is -0.170. The van der Waals surface area contributed by atoms with Crippen LogP contribution in [0.25, 0.3) is 0 Å². The highest BCUT2D eigenvalue weighted by atomic mass is 16.6. The molecule has 5 rings (SSSR count). The average Bonchev–Trinajstić information content (AvgIpc) is 3.15. The van der Waals surface area contributed by atoms with Crippen LogP contribution in [0.15, 0.2) is 0 Å². The van der Waals surface area contributed by atoms with Crippen molar-refractivity contribution in [2.45, 2.75) is 91.3 Å². The lowest BCUT2D eigenvalue weighted by atomic mass is 9.40. The van der Waals surface area contributed by atoms with Crippen molar-refractivity contribution >= 4 is 0 Å². The second kappa shape index (κ2) is 3.55. The van der Waals surface area contributed by atoms with E-state index in [2.05, 4.69) is 27.7 Å². The van der Waals surface area contributed by atoms with Crippen LogP contribution in [-0.4, -0.2) is 12.2 Å². The number of hydrogen-bond donors (Lipinski definition) is 0. The summed E-state index contributed by atoms with van der Waals surface area (Å²) in [6, 6.07) is 0. The quantitative estimate of drug-likeness (QED) is 0.559. The third kappa shape index (κ3) is 1.39. The van der Waals surface area contributed by atoms with Crippen molar-refractivity contribution in [1.82, 2.24) is 0 Å². The van der Waals surface area contributed by atoms with Crippen LogP contribution >= 0.6 is 0 Å². The van der Waals surface area contributed by atoms with Gasteiger partial charge in [0.1, 0.15) is 0 Å². The minimum Gasteiger partial charge on any atom is -0.368 e. The molecule has 5 fully saturated rings. The molecular weight excluding hydrogens is 256 g/mol. The molecule has 2 bridgehead atoms. The second-order valence-electron chi connectivity index (χ2n) is 10.6. The summed E-state index contributed by atoms with van der Waals surface area (Å²) in [5, 5.41) is 0. The first-order valence-electron chi connectivity index (χ1n) is 9.47. The van der Waals surface area contributed by atoms with E-state index in [4.69, 9.17) is 4.74 Å². The van der Waals surface area contributed by atoms with Crippen LogP contribution in [0.3, 0.4) is 0 Å². The standard InChI is InChI=1S/C20H32O/c1-17(2)8-5-9-19(4)13(17)7-11-20-12-18(3,10-6-14(19)20)15-16(20)21-15/h13-16H,5-12H2,1-4H3/t13-,14+,15+,16-,18-,19-,20+/m1/s1. The van der Waals surface area contributed by atoms with Gasteiger partial charge in [-0.25, -0.2) is 0 Å². The van der Waals surface area contributed by atoms with Crippen molar-refractivity contribution in [3.05, 3.63) is 0 Å². The molecule has 0 aromatic rings. The largest absolute Gasteiger partial charge is 0.368 e. The van der Waals surface area contributed by atoms with Crippen LogP contribution in [0, 0.1) is 33.5 Å². The van der Waals surface area contributed by atoms with Gasteiger partial charge in [-0.2, -0.15) is 0 Å². The zero-order valence-electron chi connectivity index (χ0n) is 14.4. The van der Waals surface area contributed by atoms with Crippen LogP contribution < -0.4 is 0 Å². The van der Waals surface area contributed by atoms with E-state index in [0.717, 1.165) is 11.8 Å². The maximum Gasteiger partial charge on any atom is 0.0906 e. The molecule has 0 aromatic heterocycles. The third-order valence-corrected chi connectivity index (χ3v) is 9.15. The number of ether oxygens (including phenoxy) is 1. The highest BCUT2D eigenvalue weighted by Crippen LogP contribution is 2.77. The topological polar surface area (TPSA) is 12.5 Å². The fraction of sp³-hybridized carbons (Fsp3) is 1.00. The molecule has 1 saturated heterocycles. The van der Waals surface area contributed by atoms with Crippen LogP contribution in [-0.2, 0) is 4.74 Å². The molecule has 1 heteroatoms. The van der Waals surface area contributed by atoms with E-state index in [9.17, 15) is 0 Å². The maximum atomic E-state index is 6.26. The van der Waals surface area contributed by atoms with Gasteiger partial charge in [-0.15, -0.1) is 0 Å². The molecule has 0 amide bonds. The third-order valence-electron chi connectivity index (χ3n) is 9.15. The molecule has 0 unspecified atom stereocenters. The zero-order chi connectivity index (χ0) is 14.7. The van der Waals surface area contributed by atoms with Crippen LogP contribution in [0.4, 0.5) is 0 Å². The van der Waals surface area contributed by atoms with Gasteiger partial charge >= 0.3 is 0 Å². The van der Waals surface area contributed by atoms with Crippen LogP contribution in [0.5, 0.6) is 0 Å². The summed E-state index contributed by atoms with van der Waals surface area (Å²) in [5.74, 6) is 1.91. The smallest absolute Gasteiger partial charge is 0.0906 e. The summed E-state index contributed by atoms with van der Waals surface area (Å²) < 4.78 is 6.26. The van der Waals surface area contributed by atoms with E-state index in [1.165, 1.54) is 51.4 Å². The molecular formula is C20H32O. The summed E-state index contributed by atoms with van der Waals surface area (Å²) in [6.07, 6.45) is 13.0. The fourth-order valence-electron chi connectivity index (χ4n) is 8.45. The van der Waals surface area contributed by atoms with Gasteiger partial charge in [-0.3, -0.25) is 0 Å². The Bertz CT molecular complexity index is 496. The second-order valence-corrected chi connectivity index (χ2v) is 10.6. The van der Waals surface area contributed by atoms with E-state index in [0.29, 0.717) is 33.9 Å². The monoisotopic (exact) mass is 288 g/mol. The van der Waals surface area contributed by atoms with Gasteiger partial charge in [-0.1, -0.05) is 34.1 Å². The Kier molecular flexibility index (Phi) is 2.27. The van der Waals surface area contributed by atoms with Gasteiger partial charge in [0.15, 0.2) is 0 Å². The molecule has 7 atom stereocenters. The van der Waals surface area contributed by atoms with E-state index in [1.54, 1.807) is 0 Å². The normalized spacial score (nSPS) is 63.4. The predicted octanol–water partition coefficient (Wildman–Crippen LogP) is 5.19. The van der Waals surface area contributed by atoms with Crippen molar-refractivity contribution in [1.29, 1.82) is 0 Å². The van der Waals surface area contributed by atoms with Crippen molar-refractivity contribution in [3.63, 3.8) is 0 Å². The molecule has 4 aliphatic carbocycles. The van der Waals surface area contributed by atoms with Gasteiger partial charge < -0.3 is 4.74 Å². The lowest BCUT2D eigenvalue weighted by Crippen LogP contribution is -2.58. The molecule has 1 aliphatic heterocycles. The average molecular weight is 288 g/mol.